The highest BCUT2D eigenvalue weighted by Gasteiger charge is 2.18. The van der Waals surface area contributed by atoms with Crippen LogP contribution in [0.2, 0.25) is 0 Å². The quantitative estimate of drug-likeness (QED) is 0.493. The van der Waals surface area contributed by atoms with Crippen molar-refractivity contribution in [2.75, 3.05) is 13.2 Å². The van der Waals surface area contributed by atoms with Crippen LogP contribution in [-0.2, 0) is 5.41 Å². The fourth-order valence-electron chi connectivity index (χ4n) is 2.37. The fraction of sp³-hybridized carbons (Fsp3) is 0.316. The van der Waals surface area contributed by atoms with Crippen LogP contribution in [0, 0.1) is 10.1 Å². The molecule has 0 atom stereocenters. The second-order valence-electron chi connectivity index (χ2n) is 6.65. The monoisotopic (exact) mass is 342 g/mol. The van der Waals surface area contributed by atoms with Crippen LogP contribution in [0.15, 0.2) is 48.5 Å². The van der Waals surface area contributed by atoms with Gasteiger partial charge in [0.25, 0.3) is 11.6 Å². The van der Waals surface area contributed by atoms with Crippen molar-refractivity contribution in [2.45, 2.75) is 26.2 Å². The first kappa shape index (κ1) is 18.4. The van der Waals surface area contributed by atoms with E-state index in [-0.39, 0.29) is 17.0 Å². The van der Waals surface area contributed by atoms with Crippen LogP contribution in [0.1, 0.15) is 36.7 Å². The van der Waals surface area contributed by atoms with Crippen LogP contribution in [0.3, 0.4) is 0 Å². The number of carbonyl (C=O) groups is 1. The van der Waals surface area contributed by atoms with Gasteiger partial charge in [-0.2, -0.15) is 0 Å². The number of nitro groups is 1. The van der Waals surface area contributed by atoms with Crippen molar-refractivity contribution < 1.29 is 14.5 Å². The molecular formula is C19H22N2O4. The molecule has 0 saturated carbocycles. The van der Waals surface area contributed by atoms with Crippen molar-refractivity contribution in [1.29, 1.82) is 0 Å². The number of nitrogens with one attached hydrogen (secondary N) is 1. The van der Waals surface area contributed by atoms with Crippen LogP contribution in [0.5, 0.6) is 5.75 Å². The van der Waals surface area contributed by atoms with Crippen molar-refractivity contribution in [1.82, 2.24) is 5.32 Å². The van der Waals surface area contributed by atoms with E-state index in [1.165, 1.54) is 24.3 Å². The Morgan fingerprint density at radius 2 is 1.76 bits per heavy atom. The molecule has 2 rings (SSSR count). The van der Waals surface area contributed by atoms with Crippen molar-refractivity contribution in [3.8, 4) is 5.75 Å². The molecule has 0 saturated heterocycles. The minimum absolute atomic E-state index is 0.0292. The van der Waals surface area contributed by atoms with Gasteiger partial charge in [0.1, 0.15) is 12.4 Å². The van der Waals surface area contributed by atoms with Crippen LogP contribution in [0.4, 0.5) is 5.69 Å². The molecule has 0 radical (unpaired) electrons. The normalized spacial score (nSPS) is 11.0. The number of non-ortho nitro benzene ring substituents is 1. The van der Waals surface area contributed by atoms with Gasteiger partial charge in [0.15, 0.2) is 0 Å². The standard InChI is InChI=1S/C19H22N2O4/c1-19(2,3)16-6-4-5-7-17(16)25-13-12-20-18(22)14-8-10-15(11-9-14)21(23)24/h4-11H,12-13H2,1-3H3,(H,20,22). The summed E-state index contributed by atoms with van der Waals surface area (Å²) in [7, 11) is 0. The lowest BCUT2D eigenvalue weighted by Crippen LogP contribution is -2.28. The van der Waals surface area contributed by atoms with Gasteiger partial charge in [0.05, 0.1) is 11.5 Å². The van der Waals surface area contributed by atoms with E-state index in [2.05, 4.69) is 26.1 Å². The first-order chi connectivity index (χ1) is 11.8. The number of ether oxygens (including phenoxy) is 1. The Hall–Kier alpha value is -2.89. The third-order valence-electron chi connectivity index (χ3n) is 3.68. The van der Waals surface area contributed by atoms with Crippen molar-refractivity contribution >= 4 is 11.6 Å². The minimum atomic E-state index is -0.498. The van der Waals surface area contributed by atoms with E-state index in [0.717, 1.165) is 11.3 Å². The van der Waals surface area contributed by atoms with Gasteiger partial charge < -0.3 is 10.1 Å². The summed E-state index contributed by atoms with van der Waals surface area (Å²) in [5.74, 6) is 0.516. The van der Waals surface area contributed by atoms with E-state index >= 15 is 0 Å². The van der Waals surface area contributed by atoms with Gasteiger partial charge >= 0.3 is 0 Å². The van der Waals surface area contributed by atoms with Gasteiger partial charge in [-0.15, -0.1) is 0 Å². The number of hydrogen-bond donors (Lipinski definition) is 1. The second-order valence-corrected chi connectivity index (χ2v) is 6.65. The first-order valence-corrected chi connectivity index (χ1v) is 8.04. The predicted molar refractivity (Wildman–Crippen MR) is 96.1 cm³/mol. The van der Waals surface area contributed by atoms with E-state index in [1.54, 1.807) is 0 Å². The maximum atomic E-state index is 12.0. The molecule has 0 aromatic heterocycles. The highest BCUT2D eigenvalue weighted by Crippen LogP contribution is 2.30. The van der Waals surface area contributed by atoms with Crippen molar-refractivity contribution in [2.24, 2.45) is 0 Å². The van der Waals surface area contributed by atoms with E-state index in [0.29, 0.717) is 18.7 Å². The van der Waals surface area contributed by atoms with Crippen molar-refractivity contribution in [3.05, 3.63) is 69.8 Å². The molecule has 1 N–H and O–H groups in total. The van der Waals surface area contributed by atoms with Gasteiger partial charge in [-0.1, -0.05) is 39.0 Å². The summed E-state index contributed by atoms with van der Waals surface area (Å²) in [6.07, 6.45) is 0. The zero-order valence-corrected chi connectivity index (χ0v) is 14.6. The number of nitrogens with zero attached hydrogens (tertiary/aromatic N) is 1. The first-order valence-electron chi connectivity index (χ1n) is 8.04. The zero-order chi connectivity index (χ0) is 18.4. The van der Waals surface area contributed by atoms with Crippen LogP contribution in [-0.4, -0.2) is 24.0 Å². The van der Waals surface area contributed by atoms with Crippen molar-refractivity contribution in [3.63, 3.8) is 0 Å². The molecule has 0 fully saturated rings. The summed E-state index contributed by atoms with van der Waals surface area (Å²) < 4.78 is 5.80. The molecule has 0 spiro atoms. The Bertz CT molecular complexity index is 749. The molecule has 0 aliphatic heterocycles. The molecule has 6 heteroatoms. The molecule has 1 amide bonds. The minimum Gasteiger partial charge on any atom is -0.491 e. The van der Waals surface area contributed by atoms with Gasteiger partial charge in [0, 0.05) is 17.7 Å². The number of carbonyl (C=O) groups excluding carboxylic acids is 1. The molecule has 2 aromatic carbocycles. The number of amides is 1. The maximum absolute atomic E-state index is 12.0. The zero-order valence-electron chi connectivity index (χ0n) is 14.6. The summed E-state index contributed by atoms with van der Waals surface area (Å²) in [5, 5.41) is 13.4. The summed E-state index contributed by atoms with van der Waals surface area (Å²) in [5.41, 5.74) is 1.41. The van der Waals surface area contributed by atoms with E-state index < -0.39 is 4.92 Å². The van der Waals surface area contributed by atoms with Crippen LogP contribution < -0.4 is 10.1 Å². The maximum Gasteiger partial charge on any atom is 0.269 e. The van der Waals surface area contributed by atoms with Gasteiger partial charge in [0.2, 0.25) is 0 Å². The SMILES string of the molecule is CC(C)(C)c1ccccc1OCCNC(=O)c1ccc([N+](=O)[O-])cc1. The summed E-state index contributed by atoms with van der Waals surface area (Å²) in [4.78, 5) is 22.1. The molecule has 0 aliphatic carbocycles. The predicted octanol–water partition coefficient (Wildman–Crippen LogP) is 3.70. The van der Waals surface area contributed by atoms with Gasteiger partial charge in [-0.25, -0.2) is 0 Å². The van der Waals surface area contributed by atoms with Gasteiger partial charge in [-0.3, -0.25) is 14.9 Å². The fourth-order valence-corrected chi connectivity index (χ4v) is 2.37. The molecule has 0 heterocycles. The Morgan fingerprint density at radius 3 is 2.36 bits per heavy atom. The number of para-hydroxylation sites is 1. The van der Waals surface area contributed by atoms with E-state index in [1.807, 2.05) is 24.3 Å². The Morgan fingerprint density at radius 1 is 1.12 bits per heavy atom. The van der Waals surface area contributed by atoms with Crippen LogP contribution >= 0.6 is 0 Å². The lowest BCUT2D eigenvalue weighted by molar-refractivity contribution is -0.384. The molecule has 0 aliphatic rings. The Kier molecular flexibility index (Phi) is 5.75. The number of nitro benzene ring substituents is 1. The second kappa shape index (κ2) is 7.79. The lowest BCUT2D eigenvalue weighted by Gasteiger charge is -2.22. The molecule has 2 aromatic rings. The third-order valence-corrected chi connectivity index (χ3v) is 3.68. The Balaban J connectivity index is 1.87. The number of benzene rings is 2. The van der Waals surface area contributed by atoms with Crippen LogP contribution in [0.25, 0.3) is 0 Å². The molecule has 0 bridgehead atoms. The number of rotatable bonds is 6. The summed E-state index contributed by atoms with van der Waals surface area (Å²) in [6, 6.07) is 13.3. The molecule has 132 valence electrons. The average molecular weight is 342 g/mol. The summed E-state index contributed by atoms with van der Waals surface area (Å²) >= 11 is 0. The highest BCUT2D eigenvalue weighted by atomic mass is 16.6. The molecule has 6 nitrogen and oxygen atoms in total. The van der Waals surface area contributed by atoms with E-state index in [9.17, 15) is 14.9 Å². The lowest BCUT2D eigenvalue weighted by atomic mass is 9.86. The van der Waals surface area contributed by atoms with Gasteiger partial charge in [-0.05, 0) is 29.2 Å². The summed E-state index contributed by atoms with van der Waals surface area (Å²) in [6.45, 7) is 7.03. The third kappa shape index (κ3) is 5.04. The largest absolute Gasteiger partial charge is 0.491 e. The smallest absolute Gasteiger partial charge is 0.269 e. The Labute approximate surface area is 147 Å². The average Bonchev–Trinajstić information content (AvgIpc) is 2.58. The molecule has 0 unspecified atom stereocenters. The molecule has 25 heavy (non-hydrogen) atoms. The topological polar surface area (TPSA) is 81.5 Å². The van der Waals surface area contributed by atoms with E-state index in [4.69, 9.17) is 4.74 Å². The highest BCUT2D eigenvalue weighted by molar-refractivity contribution is 5.94. The number of hydrogen-bond acceptors (Lipinski definition) is 4. The molecular weight excluding hydrogens is 320 g/mol.